The number of pyridine rings is 1. The summed E-state index contributed by atoms with van der Waals surface area (Å²) < 4.78 is 5.67. The molecule has 3 rings (SSSR count). The Morgan fingerprint density at radius 1 is 1.00 bits per heavy atom. The van der Waals surface area contributed by atoms with Crippen molar-refractivity contribution >= 4 is 5.91 Å². The van der Waals surface area contributed by atoms with Crippen LogP contribution >= 0.6 is 0 Å². The molecule has 2 aromatic carbocycles. The van der Waals surface area contributed by atoms with E-state index in [2.05, 4.69) is 10.3 Å². The third-order valence-electron chi connectivity index (χ3n) is 4.02. The van der Waals surface area contributed by atoms with Gasteiger partial charge < -0.3 is 15.0 Å². The molecule has 0 fully saturated rings. The van der Waals surface area contributed by atoms with Crippen molar-refractivity contribution in [1.29, 1.82) is 0 Å². The molecule has 1 amide bonds. The number of rotatable bonds is 7. The van der Waals surface area contributed by atoms with Gasteiger partial charge in [-0.15, -0.1) is 0 Å². The number of nitrogens with one attached hydrogen (secondary N) is 1. The Morgan fingerprint density at radius 2 is 1.67 bits per heavy atom. The molecule has 27 heavy (non-hydrogen) atoms. The molecular weight excluding hydrogens is 338 g/mol. The van der Waals surface area contributed by atoms with E-state index < -0.39 is 0 Å². The molecule has 1 aromatic heterocycles. The summed E-state index contributed by atoms with van der Waals surface area (Å²) in [7, 11) is 3.97. The van der Waals surface area contributed by atoms with Gasteiger partial charge in [0.05, 0.1) is 11.6 Å². The minimum absolute atomic E-state index is 0.103. The van der Waals surface area contributed by atoms with E-state index in [1.165, 1.54) is 6.20 Å². The maximum absolute atomic E-state index is 12.7. The van der Waals surface area contributed by atoms with E-state index in [0.717, 1.165) is 5.56 Å². The molecule has 1 unspecified atom stereocenters. The Balaban J connectivity index is 1.68. The number of benzene rings is 2. The van der Waals surface area contributed by atoms with Gasteiger partial charge in [0.1, 0.15) is 5.75 Å². The number of aromatic nitrogens is 1. The molecule has 1 N–H and O–H groups in total. The Hall–Kier alpha value is -3.18. The summed E-state index contributed by atoms with van der Waals surface area (Å²) in [6, 6.07) is 22.7. The monoisotopic (exact) mass is 361 g/mol. The van der Waals surface area contributed by atoms with Crippen molar-refractivity contribution in [2.24, 2.45) is 0 Å². The van der Waals surface area contributed by atoms with E-state index in [4.69, 9.17) is 4.74 Å². The molecule has 1 heterocycles. The lowest BCUT2D eigenvalue weighted by molar-refractivity contribution is 0.0929. The first kappa shape index (κ1) is 18.6. The summed E-state index contributed by atoms with van der Waals surface area (Å²) in [6.45, 7) is 0.707. The molecule has 0 radical (unpaired) electrons. The summed E-state index contributed by atoms with van der Waals surface area (Å²) in [6.07, 6.45) is 1.53. The number of likely N-dealkylation sites (N-methyl/N-ethyl adjacent to an activating group) is 1. The molecule has 0 saturated carbocycles. The second-order valence-corrected chi connectivity index (χ2v) is 6.50. The van der Waals surface area contributed by atoms with Crippen molar-refractivity contribution < 1.29 is 9.53 Å². The molecule has 0 bridgehead atoms. The summed E-state index contributed by atoms with van der Waals surface area (Å²) in [5.74, 6) is 0.993. The van der Waals surface area contributed by atoms with Crippen LogP contribution in [0.2, 0.25) is 0 Å². The Kier molecular flexibility index (Phi) is 6.18. The quantitative estimate of drug-likeness (QED) is 0.693. The first-order chi connectivity index (χ1) is 13.1. The summed E-state index contributed by atoms with van der Waals surface area (Å²) in [5, 5.41) is 3.09. The van der Waals surface area contributed by atoms with Gasteiger partial charge >= 0.3 is 0 Å². The summed E-state index contributed by atoms with van der Waals surface area (Å²) >= 11 is 0. The molecule has 0 aliphatic heterocycles. The van der Waals surface area contributed by atoms with Gasteiger partial charge in [0.25, 0.3) is 5.91 Å². The Labute approximate surface area is 159 Å². The van der Waals surface area contributed by atoms with E-state index >= 15 is 0 Å². The van der Waals surface area contributed by atoms with E-state index in [9.17, 15) is 4.79 Å². The topological polar surface area (TPSA) is 54.5 Å². The van der Waals surface area contributed by atoms with Gasteiger partial charge in [0.2, 0.25) is 5.88 Å². The fraction of sp³-hybridized carbons (Fsp3) is 0.182. The van der Waals surface area contributed by atoms with E-state index in [1.807, 2.05) is 79.7 Å². The highest BCUT2D eigenvalue weighted by atomic mass is 16.5. The van der Waals surface area contributed by atoms with Crippen molar-refractivity contribution in [3.8, 4) is 11.6 Å². The average Bonchev–Trinajstić information content (AvgIpc) is 2.69. The molecule has 138 valence electrons. The van der Waals surface area contributed by atoms with E-state index in [-0.39, 0.29) is 11.9 Å². The highest BCUT2D eigenvalue weighted by Crippen LogP contribution is 2.19. The van der Waals surface area contributed by atoms with Crippen molar-refractivity contribution in [2.75, 3.05) is 20.6 Å². The number of hydrogen-bond donors (Lipinski definition) is 1. The highest BCUT2D eigenvalue weighted by molar-refractivity contribution is 5.94. The van der Waals surface area contributed by atoms with Crippen LogP contribution in [0, 0.1) is 0 Å². The molecule has 0 aliphatic carbocycles. The number of para-hydroxylation sites is 1. The van der Waals surface area contributed by atoms with Crippen LogP contribution in [-0.4, -0.2) is 36.4 Å². The molecular formula is C22H23N3O2. The second-order valence-electron chi connectivity index (χ2n) is 6.50. The van der Waals surface area contributed by atoms with Gasteiger partial charge in [-0.2, -0.15) is 0 Å². The largest absolute Gasteiger partial charge is 0.439 e. The molecule has 5 heteroatoms. The van der Waals surface area contributed by atoms with Crippen LogP contribution in [0.3, 0.4) is 0 Å². The Morgan fingerprint density at radius 3 is 2.26 bits per heavy atom. The van der Waals surface area contributed by atoms with Gasteiger partial charge in [0.15, 0.2) is 0 Å². The number of carbonyl (C=O) groups is 1. The normalized spacial score (nSPS) is 11.8. The first-order valence-electron chi connectivity index (χ1n) is 8.81. The van der Waals surface area contributed by atoms with Crippen LogP contribution in [0.25, 0.3) is 0 Å². The highest BCUT2D eigenvalue weighted by Gasteiger charge is 2.17. The molecule has 5 nitrogen and oxygen atoms in total. The van der Waals surface area contributed by atoms with Crippen LogP contribution in [-0.2, 0) is 0 Å². The number of carbonyl (C=O) groups excluding carboxylic acids is 1. The molecule has 3 aromatic rings. The lowest BCUT2D eigenvalue weighted by Gasteiger charge is -2.23. The third-order valence-corrected chi connectivity index (χ3v) is 4.02. The van der Waals surface area contributed by atoms with Crippen LogP contribution < -0.4 is 10.1 Å². The summed E-state index contributed by atoms with van der Waals surface area (Å²) in [4.78, 5) is 19.0. The zero-order valence-electron chi connectivity index (χ0n) is 15.5. The van der Waals surface area contributed by atoms with E-state index in [0.29, 0.717) is 23.7 Å². The number of hydrogen-bond acceptors (Lipinski definition) is 4. The van der Waals surface area contributed by atoms with Crippen molar-refractivity contribution in [3.05, 3.63) is 90.1 Å². The van der Waals surface area contributed by atoms with Gasteiger partial charge in [-0.1, -0.05) is 48.5 Å². The lowest BCUT2D eigenvalue weighted by Crippen LogP contribution is -2.35. The molecule has 0 spiro atoms. The maximum Gasteiger partial charge on any atom is 0.253 e. The van der Waals surface area contributed by atoms with Crippen molar-refractivity contribution in [1.82, 2.24) is 15.2 Å². The van der Waals surface area contributed by atoms with Crippen molar-refractivity contribution in [2.45, 2.75) is 6.04 Å². The third kappa shape index (κ3) is 5.39. The van der Waals surface area contributed by atoms with Crippen LogP contribution in [0.5, 0.6) is 11.6 Å². The number of nitrogens with zero attached hydrogens (tertiary/aromatic N) is 2. The molecule has 0 aliphatic rings. The predicted molar refractivity (Wildman–Crippen MR) is 106 cm³/mol. The van der Waals surface area contributed by atoms with Gasteiger partial charge in [-0.05, 0) is 37.9 Å². The minimum atomic E-state index is -0.163. The number of amides is 1. The predicted octanol–water partition coefficient (Wildman–Crippen LogP) is 3.91. The molecule has 1 atom stereocenters. The molecule has 0 saturated heterocycles. The first-order valence-corrected chi connectivity index (χ1v) is 8.81. The SMILES string of the molecule is CN(C)CC(NC(=O)c1ccc(Oc2ccccc2)nc1)c1ccccc1. The van der Waals surface area contributed by atoms with Gasteiger partial charge in [0, 0.05) is 18.8 Å². The fourth-order valence-electron chi connectivity index (χ4n) is 2.71. The van der Waals surface area contributed by atoms with Crippen molar-refractivity contribution in [3.63, 3.8) is 0 Å². The van der Waals surface area contributed by atoms with Gasteiger partial charge in [-0.25, -0.2) is 4.98 Å². The van der Waals surface area contributed by atoms with Crippen LogP contribution in [0.15, 0.2) is 79.0 Å². The van der Waals surface area contributed by atoms with Gasteiger partial charge in [-0.3, -0.25) is 4.79 Å². The van der Waals surface area contributed by atoms with Crippen LogP contribution in [0.1, 0.15) is 22.0 Å². The minimum Gasteiger partial charge on any atom is -0.439 e. The second kappa shape index (κ2) is 8.96. The fourth-order valence-corrected chi connectivity index (χ4v) is 2.71. The van der Waals surface area contributed by atoms with Crippen LogP contribution in [0.4, 0.5) is 0 Å². The zero-order valence-corrected chi connectivity index (χ0v) is 15.5. The standard InChI is InChI=1S/C22H23N3O2/c1-25(2)16-20(17-9-5-3-6-10-17)24-22(26)18-13-14-21(23-15-18)27-19-11-7-4-8-12-19/h3-15,20H,16H2,1-2H3,(H,24,26). The smallest absolute Gasteiger partial charge is 0.253 e. The maximum atomic E-state index is 12.7. The van der Waals surface area contributed by atoms with E-state index in [1.54, 1.807) is 12.1 Å². The summed E-state index contributed by atoms with van der Waals surface area (Å²) in [5.41, 5.74) is 1.56. The average molecular weight is 361 g/mol. The zero-order chi connectivity index (χ0) is 19.1. The lowest BCUT2D eigenvalue weighted by atomic mass is 10.1. The Bertz CT molecular complexity index is 850. The number of ether oxygens (including phenoxy) is 1.